The Morgan fingerprint density at radius 1 is 1.05 bits per heavy atom. The molecular formula is C22H27N13O5. The number of aliphatic imine (C=N–C) groups is 1. The minimum atomic E-state index is -0.617. The van der Waals surface area contributed by atoms with Gasteiger partial charge in [0.05, 0.1) is 31.4 Å². The van der Waals surface area contributed by atoms with Crippen LogP contribution in [0.15, 0.2) is 32.4 Å². The Kier molecular flexibility index (Phi) is 6.56. The summed E-state index contributed by atoms with van der Waals surface area (Å²) in [5, 5.41) is 13.6. The largest absolute Gasteiger partial charge is 0.394 e. The summed E-state index contributed by atoms with van der Waals surface area (Å²) in [6.45, 7) is -0.280. The second kappa shape index (κ2) is 10.2. The minimum absolute atomic E-state index is 0.00679. The molecule has 18 heteroatoms. The van der Waals surface area contributed by atoms with Crippen LogP contribution >= 0.6 is 0 Å². The third-order valence-electron chi connectivity index (χ3n) is 7.11. The summed E-state index contributed by atoms with van der Waals surface area (Å²) >= 11 is 0. The molecule has 2 fully saturated rings. The zero-order valence-corrected chi connectivity index (χ0v) is 21.0. The first-order chi connectivity index (χ1) is 19.3. The van der Waals surface area contributed by atoms with Gasteiger partial charge in [-0.3, -0.25) is 33.7 Å². The monoisotopic (exact) mass is 553 g/mol. The molecule has 18 nitrogen and oxygen atoms in total. The molecular weight excluding hydrogens is 526 g/mol. The molecule has 0 bridgehead atoms. The number of aromatic nitrogens is 8. The molecule has 0 aliphatic carbocycles. The summed E-state index contributed by atoms with van der Waals surface area (Å²) in [5.74, 6) is -0.0512. The van der Waals surface area contributed by atoms with E-state index in [9.17, 15) is 14.7 Å². The van der Waals surface area contributed by atoms with E-state index in [4.69, 9.17) is 26.5 Å². The molecule has 0 aromatic carbocycles. The van der Waals surface area contributed by atoms with Crippen LogP contribution < -0.4 is 22.6 Å². The van der Waals surface area contributed by atoms with Crippen molar-refractivity contribution >= 4 is 40.4 Å². The number of aromatic amines is 2. The second-order valence-electron chi connectivity index (χ2n) is 9.69. The maximum atomic E-state index is 12.1. The molecule has 4 aromatic heterocycles. The molecule has 8 N–H and O–H groups in total. The lowest BCUT2D eigenvalue weighted by Gasteiger charge is -2.17. The molecule has 0 spiro atoms. The van der Waals surface area contributed by atoms with E-state index in [1.165, 1.54) is 12.7 Å². The average molecular weight is 554 g/mol. The van der Waals surface area contributed by atoms with Crippen molar-refractivity contribution in [3.63, 3.8) is 0 Å². The van der Waals surface area contributed by atoms with E-state index in [1.54, 1.807) is 15.3 Å². The zero-order valence-electron chi connectivity index (χ0n) is 21.0. The maximum absolute atomic E-state index is 12.1. The highest BCUT2D eigenvalue weighted by Gasteiger charge is 2.37. The summed E-state index contributed by atoms with van der Waals surface area (Å²) in [6.07, 6.45) is 4.83. The van der Waals surface area contributed by atoms with Crippen LogP contribution in [0.5, 0.6) is 0 Å². The number of nitrogens with zero attached hydrogens (tertiary/aromatic N) is 8. The van der Waals surface area contributed by atoms with Crippen molar-refractivity contribution in [3.05, 3.63) is 33.4 Å². The predicted molar refractivity (Wildman–Crippen MR) is 140 cm³/mol. The first kappa shape index (κ1) is 25.7. The fraction of sp³-hybridized carbons (Fsp3) is 0.500. The van der Waals surface area contributed by atoms with Gasteiger partial charge in [-0.2, -0.15) is 15.1 Å². The molecule has 0 amide bonds. The highest BCUT2D eigenvalue weighted by molar-refractivity contribution is 5.71. The molecule has 2 aliphatic rings. The number of aliphatic hydroxyl groups is 1. The van der Waals surface area contributed by atoms with Crippen molar-refractivity contribution < 1.29 is 14.6 Å². The molecule has 0 saturated carbocycles. The summed E-state index contributed by atoms with van der Waals surface area (Å²) in [7, 11) is 0. The number of ether oxygens (including phenoxy) is 2. The van der Waals surface area contributed by atoms with Gasteiger partial charge in [0.25, 0.3) is 11.1 Å². The summed E-state index contributed by atoms with van der Waals surface area (Å²) in [4.78, 5) is 50.2. The molecule has 2 saturated heterocycles. The van der Waals surface area contributed by atoms with Crippen molar-refractivity contribution in [2.75, 3.05) is 18.1 Å². The molecule has 6 atom stereocenters. The van der Waals surface area contributed by atoms with Gasteiger partial charge in [0.1, 0.15) is 24.6 Å². The summed E-state index contributed by atoms with van der Waals surface area (Å²) in [6, 6.07) is -0.993. The van der Waals surface area contributed by atoms with Crippen LogP contribution in [0.1, 0.15) is 38.1 Å². The van der Waals surface area contributed by atoms with E-state index < -0.39 is 41.8 Å². The molecule has 2 aliphatic heterocycles. The molecule has 6 unspecified atom stereocenters. The normalized spacial score (nSPS) is 25.9. The maximum Gasteiger partial charge on any atom is 0.280 e. The highest BCUT2D eigenvalue weighted by Crippen LogP contribution is 2.34. The fourth-order valence-electron chi connectivity index (χ4n) is 5.21. The molecule has 210 valence electrons. The quantitative estimate of drug-likeness (QED) is 0.121. The van der Waals surface area contributed by atoms with Crippen LogP contribution in [0.2, 0.25) is 0 Å². The topological polar surface area (TPSA) is 266 Å². The van der Waals surface area contributed by atoms with Crippen molar-refractivity contribution in [2.45, 2.75) is 62.4 Å². The lowest BCUT2D eigenvalue weighted by molar-refractivity contribution is -0.0231. The lowest BCUT2D eigenvalue weighted by atomic mass is 10.1. The number of nitrogens with two attached hydrogens (primary N) is 2. The minimum Gasteiger partial charge on any atom is -0.394 e. The van der Waals surface area contributed by atoms with Gasteiger partial charge in [0.15, 0.2) is 22.3 Å². The number of fused-ring (bicyclic) bond motifs is 2. The average Bonchev–Trinajstić information content (AvgIpc) is 3.71. The Hall–Kier alpha value is -4.55. The van der Waals surface area contributed by atoms with Crippen molar-refractivity contribution in [3.8, 4) is 0 Å². The smallest absolute Gasteiger partial charge is 0.280 e. The lowest BCUT2D eigenvalue weighted by Crippen LogP contribution is -2.25. The number of imidazole rings is 2. The van der Waals surface area contributed by atoms with Crippen LogP contribution in [0.3, 0.4) is 0 Å². The second-order valence-corrected chi connectivity index (χ2v) is 9.69. The van der Waals surface area contributed by atoms with E-state index in [0.717, 1.165) is 0 Å². The Morgan fingerprint density at radius 2 is 1.68 bits per heavy atom. The number of H-pyrrole nitrogens is 2. The van der Waals surface area contributed by atoms with Crippen molar-refractivity contribution in [2.24, 2.45) is 10.1 Å². The number of nitrogens with one attached hydrogen (secondary N) is 3. The molecule has 6 rings (SSSR count). The number of anilines is 2. The van der Waals surface area contributed by atoms with Crippen molar-refractivity contribution in [1.29, 1.82) is 5.53 Å². The summed E-state index contributed by atoms with van der Waals surface area (Å²) < 4.78 is 15.4. The predicted octanol–water partition coefficient (Wildman–Crippen LogP) is -0.396. The van der Waals surface area contributed by atoms with Crippen molar-refractivity contribution in [1.82, 2.24) is 39.0 Å². The van der Waals surface area contributed by atoms with E-state index in [0.29, 0.717) is 31.3 Å². The van der Waals surface area contributed by atoms with Crippen LogP contribution in [-0.2, 0) is 9.47 Å². The van der Waals surface area contributed by atoms with E-state index in [1.807, 2.05) is 0 Å². The molecule has 0 radical (unpaired) electrons. The van der Waals surface area contributed by atoms with Gasteiger partial charge in [0.2, 0.25) is 11.9 Å². The van der Waals surface area contributed by atoms with E-state index >= 15 is 0 Å². The van der Waals surface area contributed by atoms with Gasteiger partial charge >= 0.3 is 0 Å². The third-order valence-corrected chi connectivity index (χ3v) is 7.11. The van der Waals surface area contributed by atoms with Gasteiger partial charge in [-0.25, -0.2) is 15.5 Å². The number of aliphatic hydroxyl groups excluding tert-OH is 1. The SMILES string of the molecule is N=NC(C=NC1CC(n2cnc3c(=O)[nH]c(N)nc32)OC1CO)CC1CCC(n2cnc3c(=O)[nH]c(N)nc32)O1. The van der Waals surface area contributed by atoms with Gasteiger partial charge < -0.3 is 26.0 Å². The Labute approximate surface area is 224 Å². The molecule has 6 heterocycles. The Morgan fingerprint density at radius 3 is 2.27 bits per heavy atom. The van der Waals surface area contributed by atoms with E-state index in [-0.39, 0.29) is 41.3 Å². The third kappa shape index (κ3) is 4.61. The van der Waals surface area contributed by atoms with Gasteiger partial charge in [0, 0.05) is 19.1 Å². The number of rotatable bonds is 8. The number of hydrogen-bond acceptors (Lipinski definition) is 14. The zero-order chi connectivity index (χ0) is 28.0. The van der Waals surface area contributed by atoms with Crippen LogP contribution in [0.4, 0.5) is 11.9 Å². The standard InChI is InChI=1S/C22H27N13O5/c23-21-29-17-15(19(37)31-21)27-7-34(17)13-2-1-10(39-13)3-9(33-25)5-26-11-4-14(40-12(11)6-36)35-8-28-16-18(35)30-22(24)32-20(16)38/h5,7-14,25,36H,1-4,6H2,(H3,23,29,31,37)(H3,24,30,32,38). The van der Waals surface area contributed by atoms with Gasteiger partial charge in [-0.15, -0.1) is 0 Å². The van der Waals surface area contributed by atoms with Gasteiger partial charge in [-0.05, 0) is 12.8 Å². The Bertz CT molecular complexity index is 1710. The number of hydrogen-bond donors (Lipinski definition) is 6. The molecule has 40 heavy (non-hydrogen) atoms. The fourth-order valence-corrected chi connectivity index (χ4v) is 5.21. The first-order valence-corrected chi connectivity index (χ1v) is 12.6. The summed E-state index contributed by atoms with van der Waals surface area (Å²) in [5.41, 5.74) is 19.1. The van der Waals surface area contributed by atoms with E-state index in [2.05, 4.69) is 40.0 Å². The van der Waals surface area contributed by atoms with Gasteiger partial charge in [-0.1, -0.05) is 0 Å². The first-order valence-electron chi connectivity index (χ1n) is 12.6. The van der Waals surface area contributed by atoms with Crippen LogP contribution in [0.25, 0.3) is 22.3 Å². The van der Waals surface area contributed by atoms with Crippen LogP contribution in [0, 0.1) is 5.53 Å². The number of nitrogen functional groups attached to an aromatic ring is 2. The molecule has 4 aromatic rings. The Balaban J connectivity index is 1.12. The highest BCUT2D eigenvalue weighted by atomic mass is 16.5. The van der Waals surface area contributed by atoms with Crippen LogP contribution in [-0.4, -0.2) is 81.3 Å².